The minimum Gasteiger partial charge on any atom is -0.503 e. The topological polar surface area (TPSA) is 76.6 Å². The lowest BCUT2D eigenvalue weighted by molar-refractivity contribution is -0.129. The molecule has 1 aromatic heterocycles. The number of hydrogen-bond donors (Lipinski definition) is 2. The molecule has 3 rings (SSSR count). The molecule has 0 saturated carbocycles. The van der Waals surface area contributed by atoms with Crippen LogP contribution in [0.15, 0.2) is 41.8 Å². The van der Waals surface area contributed by atoms with Crippen molar-refractivity contribution in [2.45, 2.75) is 26.3 Å². The predicted molar refractivity (Wildman–Crippen MR) is 105 cm³/mol. The van der Waals surface area contributed by atoms with E-state index in [-0.39, 0.29) is 17.3 Å². The molecule has 0 fully saturated rings. The molecule has 0 saturated heterocycles. The van der Waals surface area contributed by atoms with Crippen LogP contribution >= 0.6 is 0 Å². The zero-order chi connectivity index (χ0) is 19.7. The molecule has 1 aliphatic rings. The third-order valence-electron chi connectivity index (χ3n) is 5.01. The van der Waals surface area contributed by atoms with Crippen LogP contribution in [0.1, 0.15) is 31.9 Å². The van der Waals surface area contributed by atoms with Crippen LogP contribution in [-0.4, -0.2) is 58.8 Å². The second-order valence-electron chi connectivity index (χ2n) is 7.63. The van der Waals surface area contributed by atoms with Gasteiger partial charge >= 0.3 is 0 Å². The van der Waals surface area contributed by atoms with Crippen molar-refractivity contribution in [3.05, 3.63) is 47.4 Å². The Morgan fingerprint density at radius 2 is 2.00 bits per heavy atom. The van der Waals surface area contributed by atoms with Crippen LogP contribution < -0.4 is 0 Å². The number of rotatable bonds is 7. The van der Waals surface area contributed by atoms with Crippen molar-refractivity contribution < 1.29 is 14.7 Å². The molecular weight excluding hydrogens is 342 g/mol. The average molecular weight is 369 g/mol. The summed E-state index contributed by atoms with van der Waals surface area (Å²) in [6.45, 7) is 4.86. The summed E-state index contributed by atoms with van der Waals surface area (Å²) in [4.78, 5) is 32.6. The summed E-state index contributed by atoms with van der Waals surface area (Å²) in [5.41, 5.74) is 2.00. The number of aromatic amines is 1. The van der Waals surface area contributed by atoms with Crippen molar-refractivity contribution in [3.63, 3.8) is 0 Å². The number of fused-ring (bicyclic) bond motifs is 1. The molecule has 6 nitrogen and oxygen atoms in total. The number of aliphatic hydroxyl groups is 1. The monoisotopic (exact) mass is 369 g/mol. The molecule has 0 aliphatic carbocycles. The fourth-order valence-electron chi connectivity index (χ4n) is 3.65. The maximum absolute atomic E-state index is 12.9. The largest absolute Gasteiger partial charge is 0.503 e. The molecule has 0 radical (unpaired) electrons. The van der Waals surface area contributed by atoms with Gasteiger partial charge in [0.2, 0.25) is 0 Å². The molecule has 1 amide bonds. The number of carbonyl (C=O) groups is 2. The summed E-state index contributed by atoms with van der Waals surface area (Å²) in [6.07, 6.45) is 2.60. The van der Waals surface area contributed by atoms with Crippen LogP contribution in [0.3, 0.4) is 0 Å². The van der Waals surface area contributed by atoms with E-state index in [9.17, 15) is 14.7 Å². The van der Waals surface area contributed by atoms with Crippen LogP contribution in [0.25, 0.3) is 10.9 Å². The lowest BCUT2D eigenvalue weighted by atomic mass is 9.91. The average Bonchev–Trinajstić information content (AvgIpc) is 3.15. The standard InChI is InChI=1S/C21H27N3O3/c1-13(2)19(25)17-18(15-12-22-16-9-6-5-8-14(15)16)24(21(27)20(17)26)11-7-10-23(3)4/h5-6,8-9,12-13,18,22,26H,7,10-11H2,1-4H3. The van der Waals surface area contributed by atoms with Gasteiger partial charge in [-0.15, -0.1) is 0 Å². The van der Waals surface area contributed by atoms with E-state index in [4.69, 9.17) is 0 Å². The van der Waals surface area contributed by atoms with Crippen LogP contribution in [0.2, 0.25) is 0 Å². The summed E-state index contributed by atoms with van der Waals surface area (Å²) in [7, 11) is 3.96. The van der Waals surface area contributed by atoms with Gasteiger partial charge in [-0.25, -0.2) is 0 Å². The van der Waals surface area contributed by atoms with Gasteiger partial charge in [0.15, 0.2) is 11.5 Å². The fraction of sp³-hybridized carbons (Fsp3) is 0.429. The van der Waals surface area contributed by atoms with E-state index in [1.165, 1.54) is 0 Å². The highest BCUT2D eigenvalue weighted by Gasteiger charge is 2.44. The van der Waals surface area contributed by atoms with Crippen LogP contribution in [-0.2, 0) is 9.59 Å². The molecule has 1 aromatic carbocycles. The summed E-state index contributed by atoms with van der Waals surface area (Å²) in [5, 5.41) is 11.5. The van der Waals surface area contributed by atoms with Gasteiger partial charge in [0.25, 0.3) is 5.91 Å². The lowest BCUT2D eigenvalue weighted by Crippen LogP contribution is -2.33. The zero-order valence-corrected chi connectivity index (χ0v) is 16.3. The SMILES string of the molecule is CC(C)C(=O)C1=C(O)C(=O)N(CCCN(C)C)C1c1c[nH]c2ccccc12. The number of nitrogens with one attached hydrogen (secondary N) is 1. The van der Waals surface area contributed by atoms with E-state index >= 15 is 0 Å². The summed E-state index contributed by atoms with van der Waals surface area (Å²) in [6, 6.07) is 7.23. The zero-order valence-electron chi connectivity index (χ0n) is 16.3. The van der Waals surface area contributed by atoms with Crippen molar-refractivity contribution in [2.24, 2.45) is 5.92 Å². The lowest BCUT2D eigenvalue weighted by Gasteiger charge is -2.27. The minimum atomic E-state index is -0.564. The first kappa shape index (κ1) is 19.2. The Balaban J connectivity index is 2.06. The summed E-state index contributed by atoms with van der Waals surface area (Å²) >= 11 is 0. The van der Waals surface area contributed by atoms with Gasteiger partial charge in [0, 0.05) is 35.1 Å². The van der Waals surface area contributed by atoms with E-state index in [2.05, 4.69) is 9.88 Å². The molecule has 144 valence electrons. The van der Waals surface area contributed by atoms with Gasteiger partial charge < -0.3 is 19.9 Å². The fourth-order valence-corrected chi connectivity index (χ4v) is 3.65. The Hall–Kier alpha value is -2.60. The highest BCUT2D eigenvalue weighted by atomic mass is 16.3. The van der Waals surface area contributed by atoms with Crippen LogP contribution in [0.5, 0.6) is 0 Å². The van der Waals surface area contributed by atoms with Gasteiger partial charge in [-0.2, -0.15) is 0 Å². The summed E-state index contributed by atoms with van der Waals surface area (Å²) in [5.74, 6) is -1.36. The van der Waals surface area contributed by atoms with E-state index in [1.807, 2.05) is 44.6 Å². The first-order chi connectivity index (χ1) is 12.8. The molecule has 6 heteroatoms. The molecule has 2 aromatic rings. The number of benzene rings is 1. The van der Waals surface area contributed by atoms with Crippen LogP contribution in [0.4, 0.5) is 0 Å². The number of hydrogen-bond acceptors (Lipinski definition) is 4. The Labute approximate surface area is 159 Å². The number of Topliss-reactive ketones (excluding diaryl/α,β-unsaturated/α-hetero) is 1. The normalized spacial score (nSPS) is 17.8. The van der Waals surface area contributed by atoms with Gasteiger partial charge in [-0.1, -0.05) is 32.0 Å². The van der Waals surface area contributed by atoms with Crippen molar-refractivity contribution in [1.82, 2.24) is 14.8 Å². The first-order valence-corrected chi connectivity index (χ1v) is 9.32. The van der Waals surface area contributed by atoms with Gasteiger partial charge in [-0.3, -0.25) is 9.59 Å². The molecule has 1 aliphatic heterocycles. The Kier molecular flexibility index (Phi) is 5.37. The number of ketones is 1. The molecule has 2 heterocycles. The van der Waals surface area contributed by atoms with Gasteiger partial charge in [0.1, 0.15) is 0 Å². The molecular formula is C21H27N3O3. The highest BCUT2D eigenvalue weighted by molar-refractivity contribution is 6.10. The molecule has 1 atom stereocenters. The maximum atomic E-state index is 12.9. The highest BCUT2D eigenvalue weighted by Crippen LogP contribution is 2.41. The van der Waals surface area contributed by atoms with Gasteiger partial charge in [-0.05, 0) is 33.1 Å². The van der Waals surface area contributed by atoms with Crippen LogP contribution in [0, 0.1) is 5.92 Å². The molecule has 0 bridgehead atoms. The molecule has 27 heavy (non-hydrogen) atoms. The summed E-state index contributed by atoms with van der Waals surface area (Å²) < 4.78 is 0. The minimum absolute atomic E-state index is 0.189. The quantitative estimate of drug-likeness (QED) is 0.786. The third-order valence-corrected chi connectivity index (χ3v) is 5.01. The molecule has 0 spiro atoms. The number of nitrogens with zero attached hydrogens (tertiary/aromatic N) is 2. The second-order valence-corrected chi connectivity index (χ2v) is 7.63. The van der Waals surface area contributed by atoms with Crippen molar-refractivity contribution in [2.75, 3.05) is 27.2 Å². The number of aliphatic hydroxyl groups excluding tert-OH is 1. The second kappa shape index (κ2) is 7.56. The Bertz CT molecular complexity index is 895. The van der Waals surface area contributed by atoms with E-state index in [0.29, 0.717) is 6.54 Å². The molecule has 2 N–H and O–H groups in total. The number of H-pyrrole nitrogens is 1. The smallest absolute Gasteiger partial charge is 0.290 e. The van der Waals surface area contributed by atoms with Crippen molar-refractivity contribution in [3.8, 4) is 0 Å². The van der Waals surface area contributed by atoms with E-state index < -0.39 is 17.7 Å². The Morgan fingerprint density at radius 3 is 2.67 bits per heavy atom. The van der Waals surface area contributed by atoms with E-state index in [0.717, 1.165) is 29.4 Å². The number of amides is 1. The van der Waals surface area contributed by atoms with Crippen molar-refractivity contribution >= 4 is 22.6 Å². The van der Waals surface area contributed by atoms with Gasteiger partial charge in [0.05, 0.1) is 11.6 Å². The Morgan fingerprint density at radius 1 is 1.30 bits per heavy atom. The maximum Gasteiger partial charge on any atom is 0.290 e. The molecule has 1 unspecified atom stereocenters. The van der Waals surface area contributed by atoms with E-state index in [1.54, 1.807) is 18.7 Å². The number of aromatic nitrogens is 1. The third kappa shape index (κ3) is 3.49. The number of para-hydroxylation sites is 1. The number of carbonyl (C=O) groups excluding carboxylic acids is 2. The first-order valence-electron chi connectivity index (χ1n) is 9.32. The predicted octanol–water partition coefficient (Wildman–Crippen LogP) is 3.04. The van der Waals surface area contributed by atoms with Crippen molar-refractivity contribution in [1.29, 1.82) is 0 Å².